The maximum absolute atomic E-state index is 12.4. The van der Waals surface area contributed by atoms with E-state index in [-0.39, 0.29) is 5.91 Å². The fourth-order valence-electron chi connectivity index (χ4n) is 2.59. The third kappa shape index (κ3) is 4.03. The van der Waals surface area contributed by atoms with Crippen LogP contribution in [0.1, 0.15) is 15.4 Å². The standard InChI is InChI=1S/C16H19ClN4O2S/c1-12-15(24-19-18-12)16(22)21-8-6-20(7-9-21)10-11-23-14-5-3-2-4-13(14)17/h2-5H,6-11H2,1H3. The number of para-hydroxylation sites is 1. The number of aryl methyl sites for hydroxylation is 1. The van der Waals surface area contributed by atoms with E-state index in [1.807, 2.05) is 36.1 Å². The van der Waals surface area contributed by atoms with Crippen molar-refractivity contribution < 1.29 is 9.53 Å². The predicted molar refractivity (Wildman–Crippen MR) is 93.9 cm³/mol. The summed E-state index contributed by atoms with van der Waals surface area (Å²) in [5, 5.41) is 4.53. The lowest BCUT2D eigenvalue weighted by Gasteiger charge is -2.34. The van der Waals surface area contributed by atoms with Gasteiger partial charge in [0.25, 0.3) is 5.91 Å². The van der Waals surface area contributed by atoms with Crippen LogP contribution in [0.2, 0.25) is 5.02 Å². The largest absolute Gasteiger partial charge is 0.491 e. The molecule has 1 aliphatic heterocycles. The van der Waals surface area contributed by atoms with Crippen molar-refractivity contribution in [2.75, 3.05) is 39.3 Å². The highest BCUT2D eigenvalue weighted by molar-refractivity contribution is 7.07. The number of carbonyl (C=O) groups is 1. The van der Waals surface area contributed by atoms with Crippen LogP contribution in [0.5, 0.6) is 5.75 Å². The van der Waals surface area contributed by atoms with Crippen LogP contribution in [0.15, 0.2) is 24.3 Å². The van der Waals surface area contributed by atoms with Gasteiger partial charge in [-0.2, -0.15) is 0 Å². The van der Waals surface area contributed by atoms with Crippen molar-refractivity contribution in [3.8, 4) is 5.75 Å². The van der Waals surface area contributed by atoms with Crippen molar-refractivity contribution >= 4 is 29.0 Å². The number of rotatable bonds is 5. The molecule has 1 amide bonds. The molecule has 8 heteroatoms. The third-order valence-corrected chi connectivity index (χ3v) is 5.14. The zero-order valence-electron chi connectivity index (χ0n) is 13.4. The topological polar surface area (TPSA) is 58.6 Å². The van der Waals surface area contributed by atoms with Crippen molar-refractivity contribution in [3.05, 3.63) is 39.9 Å². The molecule has 0 unspecified atom stereocenters. The number of hydrogen-bond donors (Lipinski definition) is 0. The van der Waals surface area contributed by atoms with E-state index in [2.05, 4.69) is 14.5 Å². The highest BCUT2D eigenvalue weighted by atomic mass is 35.5. The number of nitrogens with zero attached hydrogens (tertiary/aromatic N) is 4. The monoisotopic (exact) mass is 366 g/mol. The Labute approximate surface area is 150 Å². The second-order valence-electron chi connectivity index (χ2n) is 5.60. The number of piperazine rings is 1. The zero-order valence-corrected chi connectivity index (χ0v) is 15.0. The minimum atomic E-state index is 0.0365. The molecule has 0 aliphatic carbocycles. The van der Waals surface area contributed by atoms with Gasteiger partial charge in [0, 0.05) is 32.7 Å². The SMILES string of the molecule is Cc1nnsc1C(=O)N1CCN(CCOc2ccccc2Cl)CC1. The van der Waals surface area contributed by atoms with E-state index < -0.39 is 0 Å². The van der Waals surface area contributed by atoms with Crippen molar-refractivity contribution in [1.29, 1.82) is 0 Å². The third-order valence-electron chi connectivity index (χ3n) is 4.01. The molecule has 24 heavy (non-hydrogen) atoms. The first-order valence-corrected chi connectivity index (χ1v) is 8.98. The number of halogens is 1. The van der Waals surface area contributed by atoms with E-state index in [1.54, 1.807) is 0 Å². The average molecular weight is 367 g/mol. The summed E-state index contributed by atoms with van der Waals surface area (Å²) in [6, 6.07) is 7.47. The smallest absolute Gasteiger partial charge is 0.267 e. The zero-order chi connectivity index (χ0) is 16.9. The Morgan fingerprint density at radius 2 is 2.04 bits per heavy atom. The summed E-state index contributed by atoms with van der Waals surface area (Å²) in [5.41, 5.74) is 0.709. The molecule has 0 radical (unpaired) electrons. The lowest BCUT2D eigenvalue weighted by molar-refractivity contribution is 0.0624. The van der Waals surface area contributed by atoms with E-state index in [9.17, 15) is 4.79 Å². The number of benzene rings is 1. The predicted octanol–water partition coefficient (Wildman–Crippen LogP) is 2.34. The van der Waals surface area contributed by atoms with Gasteiger partial charge >= 0.3 is 0 Å². The molecule has 0 bridgehead atoms. The molecule has 0 spiro atoms. The van der Waals surface area contributed by atoms with E-state index >= 15 is 0 Å². The van der Waals surface area contributed by atoms with Gasteiger partial charge < -0.3 is 9.64 Å². The number of carbonyl (C=O) groups excluding carboxylic acids is 1. The Kier molecular flexibility index (Phi) is 5.65. The summed E-state index contributed by atoms with van der Waals surface area (Å²) in [6.07, 6.45) is 0. The van der Waals surface area contributed by atoms with Gasteiger partial charge in [-0.25, -0.2) is 0 Å². The number of aromatic nitrogens is 2. The fourth-order valence-corrected chi connectivity index (χ4v) is 3.41. The minimum absolute atomic E-state index is 0.0365. The summed E-state index contributed by atoms with van der Waals surface area (Å²) < 4.78 is 9.55. The molecular weight excluding hydrogens is 348 g/mol. The second kappa shape index (κ2) is 7.92. The molecule has 2 aromatic rings. The molecule has 128 valence electrons. The van der Waals surface area contributed by atoms with Crippen molar-refractivity contribution in [2.45, 2.75) is 6.92 Å². The van der Waals surface area contributed by atoms with Crippen molar-refractivity contribution in [3.63, 3.8) is 0 Å². The summed E-state index contributed by atoms with van der Waals surface area (Å²) in [4.78, 5) is 17.2. The van der Waals surface area contributed by atoms with Crippen LogP contribution in [0.3, 0.4) is 0 Å². The van der Waals surface area contributed by atoms with E-state index in [0.29, 0.717) is 41.0 Å². The van der Waals surface area contributed by atoms with Gasteiger partial charge in [-0.05, 0) is 30.6 Å². The van der Waals surface area contributed by atoms with Crippen molar-refractivity contribution in [1.82, 2.24) is 19.4 Å². The van der Waals surface area contributed by atoms with Crippen LogP contribution in [-0.4, -0.2) is 64.6 Å². The van der Waals surface area contributed by atoms with Crippen molar-refractivity contribution in [2.24, 2.45) is 0 Å². The molecule has 1 aromatic heterocycles. The lowest BCUT2D eigenvalue weighted by atomic mass is 10.2. The summed E-state index contributed by atoms with van der Waals surface area (Å²) in [5.74, 6) is 0.746. The van der Waals surface area contributed by atoms with Gasteiger partial charge in [-0.15, -0.1) is 5.10 Å². The van der Waals surface area contributed by atoms with Gasteiger partial charge in [0.15, 0.2) is 0 Å². The Balaban J connectivity index is 1.43. The first kappa shape index (κ1) is 17.1. The fraction of sp³-hybridized carbons (Fsp3) is 0.438. The minimum Gasteiger partial charge on any atom is -0.491 e. The van der Waals surface area contributed by atoms with E-state index in [1.165, 1.54) is 11.5 Å². The molecule has 1 aliphatic rings. The van der Waals surface area contributed by atoms with Gasteiger partial charge in [0.05, 0.1) is 10.7 Å². The number of hydrogen-bond acceptors (Lipinski definition) is 6. The Bertz CT molecular complexity index is 701. The molecule has 1 saturated heterocycles. The Morgan fingerprint density at radius 1 is 1.29 bits per heavy atom. The summed E-state index contributed by atoms with van der Waals surface area (Å²) in [7, 11) is 0. The van der Waals surface area contributed by atoms with Gasteiger partial charge in [-0.3, -0.25) is 9.69 Å². The molecule has 0 N–H and O–H groups in total. The Morgan fingerprint density at radius 3 is 2.71 bits per heavy atom. The highest BCUT2D eigenvalue weighted by Crippen LogP contribution is 2.23. The van der Waals surface area contributed by atoms with E-state index in [0.717, 1.165) is 19.6 Å². The molecule has 0 saturated carbocycles. The van der Waals surface area contributed by atoms with E-state index in [4.69, 9.17) is 16.3 Å². The van der Waals surface area contributed by atoms with Gasteiger partial charge in [0.2, 0.25) is 0 Å². The molecule has 2 heterocycles. The van der Waals surface area contributed by atoms with Gasteiger partial charge in [-0.1, -0.05) is 28.2 Å². The molecular formula is C16H19ClN4O2S. The first-order chi connectivity index (χ1) is 11.6. The maximum Gasteiger partial charge on any atom is 0.267 e. The maximum atomic E-state index is 12.4. The quantitative estimate of drug-likeness (QED) is 0.812. The van der Waals surface area contributed by atoms with Crippen LogP contribution >= 0.6 is 23.1 Å². The molecule has 3 rings (SSSR count). The van der Waals surface area contributed by atoms with Crippen LogP contribution in [0.4, 0.5) is 0 Å². The Hall–Kier alpha value is -1.70. The highest BCUT2D eigenvalue weighted by Gasteiger charge is 2.24. The van der Waals surface area contributed by atoms with Crippen LogP contribution < -0.4 is 4.74 Å². The number of amides is 1. The summed E-state index contributed by atoms with van der Waals surface area (Å²) in [6.45, 7) is 6.30. The first-order valence-electron chi connectivity index (χ1n) is 7.83. The molecule has 1 aromatic carbocycles. The normalized spacial score (nSPS) is 15.5. The molecule has 0 atom stereocenters. The van der Waals surface area contributed by atoms with Crippen LogP contribution in [0, 0.1) is 6.92 Å². The van der Waals surface area contributed by atoms with Crippen LogP contribution in [-0.2, 0) is 0 Å². The average Bonchev–Trinajstić information content (AvgIpc) is 3.03. The lowest BCUT2D eigenvalue weighted by Crippen LogP contribution is -2.49. The number of ether oxygens (including phenoxy) is 1. The molecule has 6 nitrogen and oxygen atoms in total. The second-order valence-corrected chi connectivity index (χ2v) is 6.76. The van der Waals surface area contributed by atoms with Crippen LogP contribution in [0.25, 0.3) is 0 Å². The summed E-state index contributed by atoms with van der Waals surface area (Å²) >= 11 is 7.24. The molecule has 1 fully saturated rings. The van der Waals surface area contributed by atoms with Gasteiger partial charge in [0.1, 0.15) is 17.2 Å².